The van der Waals surface area contributed by atoms with E-state index < -0.39 is 6.10 Å². The quantitative estimate of drug-likeness (QED) is 0.877. The molecule has 1 unspecified atom stereocenters. The fourth-order valence-corrected chi connectivity index (χ4v) is 2.00. The van der Waals surface area contributed by atoms with Gasteiger partial charge in [0.1, 0.15) is 6.10 Å². The summed E-state index contributed by atoms with van der Waals surface area (Å²) in [6.07, 6.45) is 3.95. The van der Waals surface area contributed by atoms with Crippen LogP contribution in [-0.4, -0.2) is 14.7 Å². The molecule has 0 amide bonds. The minimum absolute atomic E-state index is 0.594. The first kappa shape index (κ1) is 11.9. The van der Waals surface area contributed by atoms with Crippen LogP contribution in [-0.2, 0) is 6.54 Å². The lowest BCUT2D eigenvalue weighted by molar-refractivity contribution is 0.209. The number of aliphatic hydroxyl groups excluding tert-OH is 1. The summed E-state index contributed by atoms with van der Waals surface area (Å²) in [5, 5.41) is 10.4. The molecule has 90 valence electrons. The van der Waals surface area contributed by atoms with E-state index in [0.717, 1.165) is 29.8 Å². The van der Waals surface area contributed by atoms with Gasteiger partial charge in [0.25, 0.3) is 0 Å². The summed E-state index contributed by atoms with van der Waals surface area (Å²) in [6, 6.07) is 7.95. The second-order valence-corrected chi connectivity index (χ2v) is 4.33. The van der Waals surface area contributed by atoms with Crippen LogP contribution < -0.4 is 0 Å². The molecule has 1 N–H and O–H groups in total. The highest BCUT2D eigenvalue weighted by Crippen LogP contribution is 2.22. The highest BCUT2D eigenvalue weighted by molar-refractivity contribution is 5.28. The van der Waals surface area contributed by atoms with Gasteiger partial charge in [0.15, 0.2) is 0 Å². The highest BCUT2D eigenvalue weighted by atomic mass is 16.3. The standard InChI is InChI=1S/C14H18N2O/c1-3-7-16-10-15-9-13(16)14(17)12-6-4-5-11(2)8-12/h4-6,8-10,14,17H,3,7H2,1-2H3. The van der Waals surface area contributed by atoms with Crippen molar-refractivity contribution < 1.29 is 5.11 Å². The van der Waals surface area contributed by atoms with Gasteiger partial charge in [-0.25, -0.2) is 4.98 Å². The summed E-state index contributed by atoms with van der Waals surface area (Å²) in [6.45, 7) is 5.03. The lowest BCUT2D eigenvalue weighted by atomic mass is 10.0. The van der Waals surface area contributed by atoms with Crippen LogP contribution in [0.1, 0.15) is 36.3 Å². The number of benzene rings is 1. The Labute approximate surface area is 102 Å². The third kappa shape index (κ3) is 2.56. The van der Waals surface area contributed by atoms with E-state index >= 15 is 0 Å². The molecule has 17 heavy (non-hydrogen) atoms. The molecule has 0 bridgehead atoms. The Kier molecular flexibility index (Phi) is 3.59. The number of imidazole rings is 1. The summed E-state index contributed by atoms with van der Waals surface area (Å²) in [5.41, 5.74) is 2.93. The maximum atomic E-state index is 10.4. The molecule has 0 aliphatic heterocycles. The highest BCUT2D eigenvalue weighted by Gasteiger charge is 2.14. The van der Waals surface area contributed by atoms with Gasteiger partial charge in [-0.2, -0.15) is 0 Å². The maximum absolute atomic E-state index is 10.4. The van der Waals surface area contributed by atoms with Crippen molar-refractivity contribution in [3.63, 3.8) is 0 Å². The number of aryl methyl sites for hydroxylation is 2. The summed E-state index contributed by atoms with van der Waals surface area (Å²) in [7, 11) is 0. The molecular weight excluding hydrogens is 212 g/mol. The molecule has 0 radical (unpaired) electrons. The summed E-state index contributed by atoms with van der Waals surface area (Å²) < 4.78 is 2.01. The third-order valence-electron chi connectivity index (χ3n) is 2.85. The molecule has 0 aliphatic carbocycles. The molecule has 0 saturated carbocycles. The van der Waals surface area contributed by atoms with Crippen molar-refractivity contribution in [1.82, 2.24) is 9.55 Å². The molecule has 0 aliphatic rings. The molecular formula is C14H18N2O. The molecule has 2 aromatic rings. The zero-order valence-corrected chi connectivity index (χ0v) is 10.3. The van der Waals surface area contributed by atoms with Gasteiger partial charge in [-0.3, -0.25) is 0 Å². The molecule has 3 nitrogen and oxygen atoms in total. The predicted octanol–water partition coefficient (Wildman–Crippen LogP) is 2.68. The fraction of sp³-hybridized carbons (Fsp3) is 0.357. The zero-order chi connectivity index (χ0) is 12.3. The van der Waals surface area contributed by atoms with Crippen molar-refractivity contribution in [1.29, 1.82) is 0 Å². The summed E-state index contributed by atoms with van der Waals surface area (Å²) in [5.74, 6) is 0. The van der Waals surface area contributed by atoms with Crippen molar-refractivity contribution in [2.24, 2.45) is 0 Å². The number of aliphatic hydroxyl groups is 1. The van der Waals surface area contributed by atoms with Crippen LogP contribution in [0.3, 0.4) is 0 Å². The third-order valence-corrected chi connectivity index (χ3v) is 2.85. The van der Waals surface area contributed by atoms with Gasteiger partial charge in [-0.15, -0.1) is 0 Å². The first-order valence-electron chi connectivity index (χ1n) is 5.97. The van der Waals surface area contributed by atoms with E-state index in [9.17, 15) is 5.11 Å². The maximum Gasteiger partial charge on any atom is 0.121 e. The number of hydrogen-bond acceptors (Lipinski definition) is 2. The summed E-state index contributed by atoms with van der Waals surface area (Å²) in [4.78, 5) is 4.11. The minimum atomic E-state index is -0.594. The molecule has 1 aromatic carbocycles. The number of hydrogen-bond donors (Lipinski definition) is 1. The van der Waals surface area contributed by atoms with E-state index in [-0.39, 0.29) is 0 Å². The SMILES string of the molecule is CCCn1cncc1C(O)c1cccc(C)c1. The molecule has 2 rings (SSSR count). The first-order chi connectivity index (χ1) is 8.22. The lowest BCUT2D eigenvalue weighted by Crippen LogP contribution is -2.08. The van der Waals surface area contributed by atoms with Gasteiger partial charge >= 0.3 is 0 Å². The van der Waals surface area contributed by atoms with Crippen LogP contribution in [0.25, 0.3) is 0 Å². The van der Waals surface area contributed by atoms with Gasteiger partial charge in [0.05, 0.1) is 18.2 Å². The zero-order valence-electron chi connectivity index (χ0n) is 10.3. The Morgan fingerprint density at radius 3 is 2.94 bits per heavy atom. The van der Waals surface area contributed by atoms with Crippen LogP contribution >= 0.6 is 0 Å². The fourth-order valence-electron chi connectivity index (χ4n) is 2.00. The van der Waals surface area contributed by atoms with E-state index in [1.807, 2.05) is 35.8 Å². The van der Waals surface area contributed by atoms with E-state index in [1.54, 1.807) is 12.5 Å². The number of aromatic nitrogens is 2. The van der Waals surface area contributed by atoms with Crippen molar-refractivity contribution in [2.75, 3.05) is 0 Å². The van der Waals surface area contributed by atoms with Crippen molar-refractivity contribution in [2.45, 2.75) is 32.9 Å². The average molecular weight is 230 g/mol. The Bertz CT molecular complexity index is 490. The minimum Gasteiger partial charge on any atom is -0.382 e. The Balaban J connectivity index is 2.30. The number of nitrogens with zero attached hydrogens (tertiary/aromatic N) is 2. The van der Waals surface area contributed by atoms with E-state index in [2.05, 4.69) is 11.9 Å². The van der Waals surface area contributed by atoms with Crippen LogP contribution in [0.4, 0.5) is 0 Å². The lowest BCUT2D eigenvalue weighted by Gasteiger charge is -2.14. The Morgan fingerprint density at radius 2 is 2.24 bits per heavy atom. The second-order valence-electron chi connectivity index (χ2n) is 4.33. The van der Waals surface area contributed by atoms with Gasteiger partial charge in [0.2, 0.25) is 0 Å². The smallest absolute Gasteiger partial charge is 0.121 e. The normalized spacial score (nSPS) is 12.6. The van der Waals surface area contributed by atoms with E-state index in [1.165, 1.54) is 0 Å². The average Bonchev–Trinajstić information content (AvgIpc) is 2.77. The second kappa shape index (κ2) is 5.15. The number of rotatable bonds is 4. The van der Waals surface area contributed by atoms with Gasteiger partial charge in [0, 0.05) is 6.54 Å². The first-order valence-corrected chi connectivity index (χ1v) is 5.97. The molecule has 1 atom stereocenters. The van der Waals surface area contributed by atoms with Crippen LogP contribution in [0.5, 0.6) is 0 Å². The van der Waals surface area contributed by atoms with Crippen molar-refractivity contribution in [3.8, 4) is 0 Å². The van der Waals surface area contributed by atoms with E-state index in [0.29, 0.717) is 0 Å². The van der Waals surface area contributed by atoms with Crippen molar-refractivity contribution in [3.05, 3.63) is 53.6 Å². The van der Waals surface area contributed by atoms with Crippen LogP contribution in [0.15, 0.2) is 36.8 Å². The Morgan fingerprint density at radius 1 is 1.41 bits per heavy atom. The largest absolute Gasteiger partial charge is 0.382 e. The van der Waals surface area contributed by atoms with Crippen molar-refractivity contribution >= 4 is 0 Å². The van der Waals surface area contributed by atoms with Gasteiger partial charge in [-0.1, -0.05) is 36.8 Å². The monoisotopic (exact) mass is 230 g/mol. The van der Waals surface area contributed by atoms with Gasteiger partial charge < -0.3 is 9.67 Å². The summed E-state index contributed by atoms with van der Waals surface area (Å²) >= 11 is 0. The molecule has 1 heterocycles. The molecule has 1 aromatic heterocycles. The topological polar surface area (TPSA) is 38.0 Å². The molecule has 0 fully saturated rings. The Hall–Kier alpha value is -1.61. The molecule has 3 heteroatoms. The van der Waals surface area contributed by atoms with Crippen LogP contribution in [0, 0.1) is 6.92 Å². The predicted molar refractivity (Wildman–Crippen MR) is 67.8 cm³/mol. The molecule has 0 spiro atoms. The van der Waals surface area contributed by atoms with E-state index in [4.69, 9.17) is 0 Å². The molecule has 0 saturated heterocycles. The van der Waals surface area contributed by atoms with Crippen LogP contribution in [0.2, 0.25) is 0 Å². The van der Waals surface area contributed by atoms with Gasteiger partial charge in [-0.05, 0) is 18.9 Å².